The van der Waals surface area contributed by atoms with Gasteiger partial charge in [0.2, 0.25) is 0 Å². The number of rotatable bonds is 7. The first kappa shape index (κ1) is 17.7. The minimum absolute atomic E-state index is 0. The molecule has 0 rings (SSSR count). The Morgan fingerprint density at radius 1 is 1.20 bits per heavy atom. The highest BCUT2D eigenvalue weighted by Crippen LogP contribution is 1.91. The second-order valence-corrected chi connectivity index (χ2v) is 4.11. The van der Waals surface area contributed by atoms with E-state index in [9.17, 15) is 0 Å². The van der Waals surface area contributed by atoms with Gasteiger partial charge in [-0.25, -0.2) is 0 Å². The van der Waals surface area contributed by atoms with Crippen LogP contribution in [0.15, 0.2) is 4.99 Å². The zero-order valence-corrected chi connectivity index (χ0v) is 13.2. The number of halogens is 1. The van der Waals surface area contributed by atoms with Crippen LogP contribution in [-0.4, -0.2) is 38.1 Å². The van der Waals surface area contributed by atoms with Gasteiger partial charge >= 0.3 is 0 Å². The number of unbranched alkanes of at least 4 members (excludes halogenated alkanes) is 2. The largest absolute Gasteiger partial charge is 0.356 e. The van der Waals surface area contributed by atoms with Crippen molar-refractivity contribution in [2.75, 3.05) is 32.1 Å². The van der Waals surface area contributed by atoms with E-state index in [1.165, 1.54) is 19.3 Å². The SMILES string of the molecule is CCCCCNC(=NC)NCCSC.I. The summed E-state index contributed by atoms with van der Waals surface area (Å²) < 4.78 is 0. The third-order valence-corrected chi connectivity index (χ3v) is 2.51. The van der Waals surface area contributed by atoms with Gasteiger partial charge in [-0.05, 0) is 12.7 Å². The van der Waals surface area contributed by atoms with Crippen molar-refractivity contribution in [2.45, 2.75) is 26.2 Å². The van der Waals surface area contributed by atoms with Crippen molar-refractivity contribution >= 4 is 41.7 Å². The van der Waals surface area contributed by atoms with E-state index in [0.717, 1.165) is 24.8 Å². The third kappa shape index (κ3) is 12.3. The number of aliphatic imine (C=N–C) groups is 1. The molecule has 0 atom stereocenters. The number of thioether (sulfide) groups is 1. The average Bonchev–Trinajstić information content (AvgIpc) is 2.22. The van der Waals surface area contributed by atoms with E-state index in [4.69, 9.17) is 0 Å². The second kappa shape index (κ2) is 14.3. The van der Waals surface area contributed by atoms with E-state index in [1.807, 2.05) is 18.8 Å². The Hall–Kier alpha value is 0.350. The molecule has 0 amide bonds. The molecule has 0 saturated heterocycles. The van der Waals surface area contributed by atoms with Crippen molar-refractivity contribution in [3.63, 3.8) is 0 Å². The summed E-state index contributed by atoms with van der Waals surface area (Å²) >= 11 is 1.84. The van der Waals surface area contributed by atoms with Gasteiger partial charge in [-0.15, -0.1) is 24.0 Å². The van der Waals surface area contributed by atoms with Crippen molar-refractivity contribution in [1.29, 1.82) is 0 Å². The maximum absolute atomic E-state index is 4.14. The van der Waals surface area contributed by atoms with Crippen LogP contribution < -0.4 is 10.6 Å². The minimum atomic E-state index is 0. The molecule has 92 valence electrons. The van der Waals surface area contributed by atoms with Crippen LogP contribution in [0.2, 0.25) is 0 Å². The Bertz CT molecular complexity index is 154. The van der Waals surface area contributed by atoms with Crippen molar-refractivity contribution in [2.24, 2.45) is 4.99 Å². The normalized spacial score (nSPS) is 10.7. The Morgan fingerprint density at radius 3 is 2.40 bits per heavy atom. The predicted octanol–water partition coefficient (Wildman–Crippen LogP) is 2.32. The van der Waals surface area contributed by atoms with Crippen LogP contribution in [-0.2, 0) is 0 Å². The third-order valence-electron chi connectivity index (χ3n) is 1.90. The molecule has 3 nitrogen and oxygen atoms in total. The van der Waals surface area contributed by atoms with Gasteiger partial charge in [-0.3, -0.25) is 4.99 Å². The first-order chi connectivity index (χ1) is 6.85. The summed E-state index contributed by atoms with van der Waals surface area (Å²) in [5, 5.41) is 6.56. The zero-order chi connectivity index (χ0) is 10.6. The van der Waals surface area contributed by atoms with Crippen LogP contribution in [0.3, 0.4) is 0 Å². The van der Waals surface area contributed by atoms with Crippen molar-refractivity contribution in [3.8, 4) is 0 Å². The van der Waals surface area contributed by atoms with Crippen LogP contribution in [0, 0.1) is 0 Å². The lowest BCUT2D eigenvalue weighted by Crippen LogP contribution is -2.38. The maximum Gasteiger partial charge on any atom is 0.191 e. The molecule has 0 unspecified atom stereocenters. The molecule has 0 heterocycles. The molecule has 0 aliphatic heterocycles. The van der Waals surface area contributed by atoms with Gasteiger partial charge in [0.05, 0.1) is 0 Å². The molecule has 0 saturated carbocycles. The lowest BCUT2D eigenvalue weighted by Gasteiger charge is -2.10. The smallest absolute Gasteiger partial charge is 0.191 e. The van der Waals surface area contributed by atoms with Gasteiger partial charge in [0.25, 0.3) is 0 Å². The lowest BCUT2D eigenvalue weighted by molar-refractivity contribution is 0.685. The summed E-state index contributed by atoms with van der Waals surface area (Å²) in [5.74, 6) is 2.05. The van der Waals surface area contributed by atoms with Crippen molar-refractivity contribution in [3.05, 3.63) is 0 Å². The molecule has 15 heavy (non-hydrogen) atoms. The first-order valence-electron chi connectivity index (χ1n) is 5.28. The number of nitrogens with one attached hydrogen (secondary N) is 2. The van der Waals surface area contributed by atoms with Crippen molar-refractivity contribution < 1.29 is 0 Å². The molecule has 5 heteroatoms. The molecule has 0 aromatic heterocycles. The van der Waals surface area contributed by atoms with Gasteiger partial charge in [0.1, 0.15) is 0 Å². The average molecular weight is 345 g/mol. The summed E-state index contributed by atoms with van der Waals surface area (Å²) in [6.07, 6.45) is 5.88. The van der Waals surface area contributed by atoms with Crippen LogP contribution >= 0.6 is 35.7 Å². The highest BCUT2D eigenvalue weighted by atomic mass is 127. The topological polar surface area (TPSA) is 36.4 Å². The van der Waals surface area contributed by atoms with Crippen LogP contribution in [0.25, 0.3) is 0 Å². The van der Waals surface area contributed by atoms with Crippen molar-refractivity contribution in [1.82, 2.24) is 10.6 Å². The molecular weight excluding hydrogens is 321 g/mol. The quantitative estimate of drug-likeness (QED) is 0.322. The summed E-state index contributed by atoms with van der Waals surface area (Å²) in [6, 6.07) is 0. The number of nitrogens with zero attached hydrogens (tertiary/aromatic N) is 1. The number of hydrogen-bond acceptors (Lipinski definition) is 2. The molecule has 0 aliphatic carbocycles. The second-order valence-electron chi connectivity index (χ2n) is 3.13. The fourth-order valence-corrected chi connectivity index (χ4v) is 1.38. The summed E-state index contributed by atoms with van der Waals surface area (Å²) in [5.41, 5.74) is 0. The highest BCUT2D eigenvalue weighted by molar-refractivity contribution is 14.0. The van der Waals surface area contributed by atoms with Crippen LogP contribution in [0.5, 0.6) is 0 Å². The fourth-order valence-electron chi connectivity index (χ4n) is 1.07. The Balaban J connectivity index is 0. The van der Waals surface area contributed by atoms with E-state index in [0.29, 0.717) is 0 Å². The zero-order valence-electron chi connectivity index (χ0n) is 10.0. The van der Waals surface area contributed by atoms with Gasteiger partial charge in [0, 0.05) is 25.9 Å². The number of hydrogen-bond donors (Lipinski definition) is 2. The molecule has 0 aromatic rings. The highest BCUT2D eigenvalue weighted by Gasteiger charge is 1.94. The van der Waals surface area contributed by atoms with E-state index in [-0.39, 0.29) is 24.0 Å². The molecule has 0 fully saturated rings. The molecule has 0 aliphatic rings. The molecular formula is C10H24IN3S. The molecule has 0 radical (unpaired) electrons. The van der Waals surface area contributed by atoms with Crippen LogP contribution in [0.4, 0.5) is 0 Å². The molecule has 2 N–H and O–H groups in total. The summed E-state index contributed by atoms with van der Waals surface area (Å²) in [4.78, 5) is 4.14. The molecule has 0 bridgehead atoms. The standard InChI is InChI=1S/C10H23N3S.HI/c1-4-5-6-7-12-10(11-2)13-8-9-14-3;/h4-9H2,1-3H3,(H2,11,12,13);1H. The fraction of sp³-hybridized carbons (Fsp3) is 0.900. The van der Waals surface area contributed by atoms with E-state index < -0.39 is 0 Å². The Morgan fingerprint density at radius 2 is 1.87 bits per heavy atom. The van der Waals surface area contributed by atoms with Gasteiger partial charge < -0.3 is 10.6 Å². The molecule has 0 aromatic carbocycles. The van der Waals surface area contributed by atoms with Crippen LogP contribution in [0.1, 0.15) is 26.2 Å². The minimum Gasteiger partial charge on any atom is -0.356 e. The number of guanidine groups is 1. The molecule has 0 spiro atoms. The van der Waals surface area contributed by atoms with Gasteiger partial charge in [-0.1, -0.05) is 19.8 Å². The summed E-state index contributed by atoms with van der Waals surface area (Å²) in [7, 11) is 1.81. The van der Waals surface area contributed by atoms with Gasteiger partial charge in [0.15, 0.2) is 5.96 Å². The summed E-state index contributed by atoms with van der Waals surface area (Å²) in [6.45, 7) is 4.22. The Labute approximate surface area is 115 Å². The first-order valence-corrected chi connectivity index (χ1v) is 6.68. The predicted molar refractivity (Wildman–Crippen MR) is 82.7 cm³/mol. The lowest BCUT2D eigenvalue weighted by atomic mass is 10.2. The van der Waals surface area contributed by atoms with Gasteiger partial charge in [-0.2, -0.15) is 11.8 Å². The van der Waals surface area contributed by atoms with E-state index in [1.54, 1.807) is 0 Å². The Kier molecular flexibility index (Phi) is 17.0. The van der Waals surface area contributed by atoms with E-state index in [2.05, 4.69) is 28.8 Å². The monoisotopic (exact) mass is 345 g/mol. The maximum atomic E-state index is 4.14. The van der Waals surface area contributed by atoms with E-state index >= 15 is 0 Å².